The Bertz CT molecular complexity index is 244. The quantitative estimate of drug-likeness (QED) is 0.572. The van der Waals surface area contributed by atoms with Gasteiger partial charge < -0.3 is 20.0 Å². The summed E-state index contributed by atoms with van der Waals surface area (Å²) in [6.07, 6.45) is 0.786. The van der Waals surface area contributed by atoms with Crippen LogP contribution in [-0.2, 0) is 9.59 Å². The van der Waals surface area contributed by atoms with Crippen molar-refractivity contribution in [2.24, 2.45) is 0 Å². The molecule has 0 heterocycles. The van der Waals surface area contributed by atoms with Gasteiger partial charge in [-0.25, -0.2) is 0 Å². The molecule has 0 atom stereocenters. The van der Waals surface area contributed by atoms with E-state index in [1.807, 2.05) is 23.9 Å². The zero-order chi connectivity index (χ0) is 13.3. The van der Waals surface area contributed by atoms with Gasteiger partial charge in [0.2, 0.25) is 0 Å². The van der Waals surface area contributed by atoms with Gasteiger partial charge in [0.1, 0.15) is 0 Å². The highest BCUT2D eigenvalue weighted by Gasteiger charge is 2.08. The molecule has 0 aromatic carbocycles. The van der Waals surface area contributed by atoms with E-state index in [1.165, 1.54) is 0 Å². The smallest absolute Gasteiger partial charge is 0.304 e. The lowest BCUT2D eigenvalue weighted by atomic mass is 10.2. The van der Waals surface area contributed by atoms with Crippen LogP contribution in [0.5, 0.6) is 0 Å². The number of hydrogen-bond acceptors (Lipinski definition) is 4. The lowest BCUT2D eigenvalue weighted by molar-refractivity contribution is -0.138. The van der Waals surface area contributed by atoms with Gasteiger partial charge in [-0.15, -0.1) is 0 Å². The summed E-state index contributed by atoms with van der Waals surface area (Å²) in [6.45, 7) is 2.71. The van der Waals surface area contributed by atoms with E-state index >= 15 is 0 Å². The third-order valence-corrected chi connectivity index (χ3v) is 2.37. The number of carboxylic acid groups (broad SMARTS) is 2. The van der Waals surface area contributed by atoms with Gasteiger partial charge in [0.15, 0.2) is 0 Å². The summed E-state index contributed by atoms with van der Waals surface area (Å²) < 4.78 is 0. The van der Waals surface area contributed by atoms with Gasteiger partial charge in [-0.2, -0.15) is 0 Å². The van der Waals surface area contributed by atoms with E-state index in [4.69, 9.17) is 10.2 Å². The van der Waals surface area contributed by atoms with Crippen molar-refractivity contribution in [3.63, 3.8) is 0 Å². The Hall–Kier alpha value is -1.14. The third kappa shape index (κ3) is 11.1. The van der Waals surface area contributed by atoms with Crippen LogP contribution in [0.1, 0.15) is 19.3 Å². The largest absolute Gasteiger partial charge is 0.481 e. The molecule has 0 bridgehead atoms. The third-order valence-electron chi connectivity index (χ3n) is 2.37. The molecule has 0 aromatic rings. The maximum absolute atomic E-state index is 10.5. The molecule has 0 aliphatic rings. The molecule has 0 amide bonds. The van der Waals surface area contributed by atoms with Crippen molar-refractivity contribution in [3.05, 3.63) is 0 Å². The van der Waals surface area contributed by atoms with Gasteiger partial charge in [0.25, 0.3) is 0 Å². The van der Waals surface area contributed by atoms with Crippen LogP contribution >= 0.6 is 0 Å². The topological polar surface area (TPSA) is 81.1 Å². The maximum atomic E-state index is 10.5. The number of nitrogens with zero attached hydrogens (tertiary/aromatic N) is 2. The second-order valence-electron chi connectivity index (χ2n) is 4.29. The summed E-state index contributed by atoms with van der Waals surface area (Å²) in [5.74, 6) is -1.63. The first-order valence-corrected chi connectivity index (χ1v) is 5.72. The van der Waals surface area contributed by atoms with Crippen molar-refractivity contribution in [2.75, 3.05) is 40.3 Å². The number of hydrogen-bond donors (Lipinski definition) is 2. The van der Waals surface area contributed by atoms with Gasteiger partial charge >= 0.3 is 11.9 Å². The van der Waals surface area contributed by atoms with E-state index in [9.17, 15) is 9.59 Å². The minimum Gasteiger partial charge on any atom is -0.481 e. The molecule has 100 valence electrons. The molecule has 0 aliphatic carbocycles. The fraction of sp³-hybridized carbons (Fsp3) is 0.818. The van der Waals surface area contributed by atoms with Crippen LogP contribution < -0.4 is 0 Å². The molecule has 2 N–H and O–H groups in total. The summed E-state index contributed by atoms with van der Waals surface area (Å²) in [4.78, 5) is 24.9. The van der Waals surface area contributed by atoms with Crippen LogP contribution in [0.4, 0.5) is 0 Å². The Labute approximate surface area is 102 Å². The van der Waals surface area contributed by atoms with Gasteiger partial charge in [-0.1, -0.05) is 0 Å². The minimum absolute atomic E-state index is 0.0977. The van der Waals surface area contributed by atoms with Crippen molar-refractivity contribution in [1.29, 1.82) is 0 Å². The van der Waals surface area contributed by atoms with Crippen molar-refractivity contribution in [3.8, 4) is 0 Å². The summed E-state index contributed by atoms with van der Waals surface area (Å²) in [5.41, 5.74) is 0. The molecular formula is C11H22N2O4. The van der Waals surface area contributed by atoms with E-state index in [0.29, 0.717) is 19.5 Å². The minimum atomic E-state index is -0.821. The van der Waals surface area contributed by atoms with Gasteiger partial charge in [-0.05, 0) is 27.1 Å². The molecule has 0 saturated heterocycles. The van der Waals surface area contributed by atoms with Gasteiger partial charge in [-0.3, -0.25) is 9.59 Å². The predicted octanol–water partition coefficient (Wildman–Crippen LogP) is 0.190. The Kier molecular flexibility index (Phi) is 8.35. The van der Waals surface area contributed by atoms with Crippen molar-refractivity contribution < 1.29 is 19.8 Å². The Morgan fingerprint density at radius 2 is 1.47 bits per heavy atom. The summed E-state index contributed by atoms with van der Waals surface area (Å²) in [5, 5.41) is 17.2. The van der Waals surface area contributed by atoms with Crippen LogP contribution in [0.2, 0.25) is 0 Å². The second kappa shape index (κ2) is 8.95. The zero-order valence-electron chi connectivity index (χ0n) is 10.6. The first kappa shape index (κ1) is 15.9. The van der Waals surface area contributed by atoms with Gasteiger partial charge in [0, 0.05) is 26.1 Å². The van der Waals surface area contributed by atoms with Crippen LogP contribution in [0.3, 0.4) is 0 Å². The predicted molar refractivity (Wildman–Crippen MR) is 64.1 cm³/mol. The Balaban J connectivity index is 3.91. The number of carbonyl (C=O) groups is 2. The standard InChI is InChI=1S/C11H22N2O4/c1-12(2)8-9-13(7-5-11(16)17)6-3-4-10(14)15/h3-9H2,1-2H3,(H,14,15)(H,16,17). The summed E-state index contributed by atoms with van der Waals surface area (Å²) >= 11 is 0. The molecule has 17 heavy (non-hydrogen) atoms. The fourth-order valence-electron chi connectivity index (χ4n) is 1.38. The van der Waals surface area contributed by atoms with E-state index in [1.54, 1.807) is 0 Å². The molecule has 0 fully saturated rings. The molecule has 6 nitrogen and oxygen atoms in total. The highest BCUT2D eigenvalue weighted by atomic mass is 16.4. The normalized spacial score (nSPS) is 11.1. The first-order chi connectivity index (χ1) is 7.91. The maximum Gasteiger partial charge on any atom is 0.304 e. The number of aliphatic carboxylic acids is 2. The SMILES string of the molecule is CN(C)CCN(CCCC(=O)O)CCC(=O)O. The molecule has 0 aromatic heterocycles. The highest BCUT2D eigenvalue weighted by molar-refractivity contribution is 5.67. The van der Waals surface area contributed by atoms with Crippen LogP contribution in [0, 0.1) is 0 Å². The number of rotatable bonds is 10. The molecular weight excluding hydrogens is 224 g/mol. The van der Waals surface area contributed by atoms with E-state index in [-0.39, 0.29) is 12.8 Å². The van der Waals surface area contributed by atoms with Crippen molar-refractivity contribution in [1.82, 2.24) is 9.80 Å². The zero-order valence-corrected chi connectivity index (χ0v) is 10.6. The highest BCUT2D eigenvalue weighted by Crippen LogP contribution is 1.98. The summed E-state index contributed by atoms with van der Waals surface area (Å²) in [7, 11) is 3.90. The van der Waals surface area contributed by atoms with E-state index in [2.05, 4.69) is 0 Å². The summed E-state index contributed by atoms with van der Waals surface area (Å²) in [6, 6.07) is 0. The van der Waals surface area contributed by atoms with Crippen LogP contribution in [0.25, 0.3) is 0 Å². The lowest BCUT2D eigenvalue weighted by Gasteiger charge is -2.23. The Morgan fingerprint density at radius 1 is 0.882 bits per heavy atom. The number of carboxylic acids is 2. The first-order valence-electron chi connectivity index (χ1n) is 5.72. The average Bonchev–Trinajstić information content (AvgIpc) is 2.20. The lowest BCUT2D eigenvalue weighted by Crippen LogP contribution is -2.34. The van der Waals surface area contributed by atoms with Crippen molar-refractivity contribution in [2.45, 2.75) is 19.3 Å². The molecule has 0 radical (unpaired) electrons. The number of likely N-dealkylation sites (N-methyl/N-ethyl adjacent to an activating group) is 1. The molecule has 6 heteroatoms. The fourth-order valence-corrected chi connectivity index (χ4v) is 1.38. The van der Waals surface area contributed by atoms with E-state index in [0.717, 1.165) is 13.1 Å². The monoisotopic (exact) mass is 246 g/mol. The second-order valence-corrected chi connectivity index (χ2v) is 4.29. The molecule has 0 rings (SSSR count). The molecule has 0 aliphatic heterocycles. The molecule has 0 spiro atoms. The van der Waals surface area contributed by atoms with Crippen LogP contribution in [-0.4, -0.2) is 72.2 Å². The molecule has 0 unspecified atom stereocenters. The average molecular weight is 246 g/mol. The van der Waals surface area contributed by atoms with E-state index < -0.39 is 11.9 Å². The van der Waals surface area contributed by atoms with Crippen molar-refractivity contribution >= 4 is 11.9 Å². The van der Waals surface area contributed by atoms with Crippen LogP contribution in [0.15, 0.2) is 0 Å². The molecule has 0 saturated carbocycles. The Morgan fingerprint density at radius 3 is 1.94 bits per heavy atom. The van der Waals surface area contributed by atoms with Gasteiger partial charge in [0.05, 0.1) is 6.42 Å².